The van der Waals surface area contributed by atoms with E-state index in [2.05, 4.69) is 46.7 Å². The molecule has 0 saturated heterocycles. The Kier molecular flexibility index (Phi) is 9.75. The molecule has 0 aromatic rings. The second-order valence-electron chi connectivity index (χ2n) is 18.0. The molecule has 1 N–H and O–H groups in total. The van der Waals surface area contributed by atoms with E-state index in [9.17, 15) is 9.59 Å². The summed E-state index contributed by atoms with van der Waals surface area (Å²) in [6.45, 7) is 25.9. The molecule has 5 aliphatic carbocycles. The molecular weight excluding hydrogens is 562 g/mol. The van der Waals surface area contributed by atoms with Gasteiger partial charge in [-0.05, 0) is 154 Å². The number of carbonyl (C=O) groups is 2. The smallest absolute Gasteiger partial charge is 0.322 e. The highest BCUT2D eigenvalue weighted by atomic mass is 16.6. The van der Waals surface area contributed by atoms with Crippen LogP contribution in [0.5, 0.6) is 0 Å². The lowest BCUT2D eigenvalue weighted by Crippen LogP contribution is -2.65. The molecule has 5 saturated carbocycles. The average Bonchev–Trinajstić information content (AvgIpc) is 3.33. The molecule has 0 bridgehead atoms. The molecule has 45 heavy (non-hydrogen) atoms. The molecule has 0 aromatic carbocycles. The van der Waals surface area contributed by atoms with Crippen LogP contribution in [-0.2, 0) is 23.9 Å². The van der Waals surface area contributed by atoms with Crippen molar-refractivity contribution in [2.45, 2.75) is 151 Å². The van der Waals surface area contributed by atoms with Crippen molar-refractivity contribution in [2.75, 3.05) is 13.2 Å². The molecule has 0 radical (unpaired) electrons. The Labute approximate surface area is 279 Å². The van der Waals surface area contributed by atoms with E-state index >= 15 is 0 Å². The van der Waals surface area contributed by atoms with Crippen molar-refractivity contribution < 1.29 is 28.2 Å². The van der Waals surface area contributed by atoms with Crippen molar-refractivity contribution in [2.24, 2.45) is 57.2 Å². The van der Waals surface area contributed by atoms with E-state index in [1.807, 2.05) is 27.7 Å². The summed E-state index contributed by atoms with van der Waals surface area (Å²) >= 11 is 0. The van der Waals surface area contributed by atoms with Crippen molar-refractivity contribution in [3.8, 4) is 0 Å². The summed E-state index contributed by atoms with van der Waals surface area (Å²) < 4.78 is 11.5. The molecule has 262 valence electrons. The Morgan fingerprint density at radius 2 is 1.69 bits per heavy atom. The summed E-state index contributed by atoms with van der Waals surface area (Å²) in [7, 11) is 0. The highest BCUT2D eigenvalue weighted by molar-refractivity contribution is 5.71. The van der Waals surface area contributed by atoms with E-state index in [1.54, 1.807) is 0 Å². The summed E-state index contributed by atoms with van der Waals surface area (Å²) in [5, 5.41) is 0. The van der Waals surface area contributed by atoms with E-state index in [0.29, 0.717) is 48.5 Å². The number of hydrogen-bond donors (Lipinski definition) is 1. The van der Waals surface area contributed by atoms with Crippen LogP contribution >= 0.6 is 0 Å². The average molecular weight is 634 g/mol. The van der Waals surface area contributed by atoms with Gasteiger partial charge in [-0.25, -0.2) is 0 Å². The molecule has 6 heteroatoms. The lowest BCUT2D eigenvalue weighted by molar-refractivity contribution is -0.230. The first kappa shape index (κ1) is 34.9. The predicted octanol–water partition coefficient (Wildman–Crippen LogP) is 9.57. The monoisotopic (exact) mass is 634 g/mol. The Balaban J connectivity index is 0.00000267. The molecule has 5 aliphatic rings. The summed E-state index contributed by atoms with van der Waals surface area (Å²) in [5.41, 5.74) is 4.62. The van der Waals surface area contributed by atoms with Crippen molar-refractivity contribution >= 4 is 11.9 Å². The second-order valence-corrected chi connectivity index (χ2v) is 18.0. The zero-order valence-corrected chi connectivity index (χ0v) is 30.2. The van der Waals surface area contributed by atoms with Crippen LogP contribution in [0.3, 0.4) is 0 Å². The highest BCUT2D eigenvalue weighted by Crippen LogP contribution is 2.76. The van der Waals surface area contributed by atoms with Crippen LogP contribution in [0.1, 0.15) is 144 Å². The molecule has 4 unspecified atom stereocenters. The minimum atomic E-state index is -0.495. The van der Waals surface area contributed by atoms with Gasteiger partial charge in [0.1, 0.15) is 18.2 Å². The summed E-state index contributed by atoms with van der Waals surface area (Å²) in [4.78, 5) is 30.9. The number of carbonyl (C=O) groups excluding carboxylic acids is 2. The zero-order valence-electron chi connectivity index (χ0n) is 30.2. The van der Waals surface area contributed by atoms with Gasteiger partial charge in [0.2, 0.25) is 0 Å². The fourth-order valence-electron chi connectivity index (χ4n) is 12.2. The van der Waals surface area contributed by atoms with E-state index in [4.69, 9.17) is 14.3 Å². The van der Waals surface area contributed by atoms with Crippen molar-refractivity contribution in [1.29, 1.82) is 0 Å². The van der Waals surface area contributed by atoms with Gasteiger partial charge in [0.15, 0.2) is 0 Å². The molecular formula is C39H71NO5. The van der Waals surface area contributed by atoms with E-state index in [1.165, 1.54) is 50.5 Å². The van der Waals surface area contributed by atoms with E-state index < -0.39 is 5.60 Å². The van der Waals surface area contributed by atoms with Crippen molar-refractivity contribution in [3.05, 3.63) is 12.2 Å². The fraction of sp³-hybridized carbons (Fsp3) is 0.897. The third-order valence-corrected chi connectivity index (χ3v) is 14.4. The van der Waals surface area contributed by atoms with Gasteiger partial charge in [0.25, 0.3) is 0 Å². The fourth-order valence-corrected chi connectivity index (χ4v) is 12.2. The predicted molar refractivity (Wildman–Crippen MR) is 185 cm³/mol. The summed E-state index contributed by atoms with van der Waals surface area (Å²) in [6, 6.07) is 0. The first-order chi connectivity index (χ1) is 21.0. The Hall–Kier alpha value is -1.40. The topological polar surface area (TPSA) is 73.9 Å². The number of hydroxylamine groups is 1. The Morgan fingerprint density at radius 1 is 0.956 bits per heavy atom. The SMILES string of the molecule is C=C1C2CC[C@]3(C)C(CCC4[C@@H]5[C@H](C(C)C)CC[C@]5(CONCC(=O)OC(C)(C)C)CC[C@]43C)C2(C)CC[C@@H]1OC(=O)CCC.[HH].[HH].[HH]. The molecule has 6 nitrogen and oxygen atoms in total. The zero-order chi connectivity index (χ0) is 33.0. The van der Waals surface area contributed by atoms with Crippen molar-refractivity contribution in [1.82, 2.24) is 5.48 Å². The van der Waals surface area contributed by atoms with Crippen LogP contribution in [0.4, 0.5) is 0 Å². The van der Waals surface area contributed by atoms with Gasteiger partial charge >= 0.3 is 11.9 Å². The molecule has 0 spiro atoms. The molecule has 0 amide bonds. The van der Waals surface area contributed by atoms with Crippen LogP contribution < -0.4 is 5.48 Å². The number of nitrogens with one attached hydrogen (secondary N) is 1. The van der Waals surface area contributed by atoms with Crippen LogP contribution in [0, 0.1) is 57.2 Å². The molecule has 5 rings (SSSR count). The first-order valence-electron chi connectivity index (χ1n) is 18.5. The van der Waals surface area contributed by atoms with Crippen LogP contribution in [0.2, 0.25) is 0 Å². The molecule has 5 fully saturated rings. The first-order valence-corrected chi connectivity index (χ1v) is 18.5. The number of esters is 2. The lowest BCUT2D eigenvalue weighted by Gasteiger charge is -2.71. The van der Waals surface area contributed by atoms with Gasteiger partial charge in [-0.15, -0.1) is 0 Å². The molecule has 0 aliphatic heterocycles. The molecule has 0 heterocycles. The third kappa shape index (κ3) is 6.07. The third-order valence-electron chi connectivity index (χ3n) is 14.4. The highest BCUT2D eigenvalue weighted by Gasteiger charge is 2.70. The van der Waals surface area contributed by atoms with Crippen molar-refractivity contribution in [3.63, 3.8) is 0 Å². The van der Waals surface area contributed by atoms with Gasteiger partial charge in [-0.3, -0.25) is 9.59 Å². The maximum Gasteiger partial charge on any atom is 0.322 e. The quantitative estimate of drug-likeness (QED) is 0.118. The standard InChI is InChI=1S/C39H65NO5.3H2/c1-11-12-32(41)44-30-17-18-36(8)28(26(30)4)16-19-38(10)31(36)14-13-29-34-27(25(2)3)15-20-39(34,22-21-37(29,38)9)24-43-40-23-33(42)45-35(5,6)7;;;/h25,27-31,34,40H,4,11-24H2,1-3,5-10H3;3*1H/t27-,28?,29?,30-,31?,34-,36?,37+,38+,39+;;;/m0.../s1. The summed E-state index contributed by atoms with van der Waals surface area (Å²) in [5.74, 6) is 3.46. The van der Waals surface area contributed by atoms with Crippen LogP contribution in [0.25, 0.3) is 0 Å². The number of fused-ring (bicyclic) bond motifs is 7. The van der Waals surface area contributed by atoms with Crippen LogP contribution in [0.15, 0.2) is 12.2 Å². The number of rotatable bonds is 9. The Bertz CT molecular complexity index is 1140. The van der Waals surface area contributed by atoms with E-state index in [-0.39, 0.29) is 50.5 Å². The largest absolute Gasteiger partial charge is 0.459 e. The maximum absolute atomic E-state index is 12.4. The maximum atomic E-state index is 12.4. The van der Waals surface area contributed by atoms with Gasteiger partial charge in [-0.1, -0.05) is 48.1 Å². The van der Waals surface area contributed by atoms with Gasteiger partial charge in [0.05, 0.1) is 6.61 Å². The van der Waals surface area contributed by atoms with Gasteiger partial charge in [-0.2, -0.15) is 5.48 Å². The Morgan fingerprint density at radius 3 is 2.36 bits per heavy atom. The van der Waals surface area contributed by atoms with Gasteiger partial charge < -0.3 is 14.3 Å². The minimum absolute atomic E-state index is 0. The molecule has 0 aromatic heterocycles. The number of ether oxygens (including phenoxy) is 2. The normalized spacial score (nSPS) is 42.8. The summed E-state index contributed by atoms with van der Waals surface area (Å²) in [6.07, 6.45) is 13.2. The number of hydrogen-bond acceptors (Lipinski definition) is 6. The van der Waals surface area contributed by atoms with Crippen LogP contribution in [-0.4, -0.2) is 36.8 Å². The molecule has 10 atom stereocenters. The van der Waals surface area contributed by atoms with E-state index in [0.717, 1.165) is 25.7 Å². The minimum Gasteiger partial charge on any atom is -0.459 e. The lowest BCUT2D eigenvalue weighted by atomic mass is 9.33. The van der Waals surface area contributed by atoms with Gasteiger partial charge in [0, 0.05) is 10.7 Å². The second kappa shape index (κ2) is 12.6.